The zero-order valence-electron chi connectivity index (χ0n) is 19.3. The lowest BCUT2D eigenvalue weighted by molar-refractivity contribution is -0.121. The maximum absolute atomic E-state index is 12.8. The molecule has 178 valence electrons. The van der Waals surface area contributed by atoms with Crippen molar-refractivity contribution in [3.05, 3.63) is 107 Å². The second-order valence-corrected chi connectivity index (χ2v) is 7.97. The summed E-state index contributed by atoms with van der Waals surface area (Å²) < 4.78 is 2.77. The number of carbonyl (C=O) groups excluding carboxylic acids is 2. The number of rotatable bonds is 5. The Labute approximate surface area is 205 Å². The van der Waals surface area contributed by atoms with Crippen molar-refractivity contribution in [1.29, 1.82) is 0 Å². The number of hydrogen-bond donors (Lipinski definition) is 2. The van der Waals surface area contributed by atoms with E-state index in [1.807, 2.05) is 60.7 Å². The molecule has 5 aromatic rings. The summed E-state index contributed by atoms with van der Waals surface area (Å²) in [6, 6.07) is 25.6. The highest BCUT2D eigenvalue weighted by Crippen LogP contribution is 2.21. The maximum atomic E-state index is 12.8. The average molecular weight is 480 g/mol. The van der Waals surface area contributed by atoms with Crippen molar-refractivity contribution in [2.24, 2.45) is 7.05 Å². The predicted molar refractivity (Wildman–Crippen MR) is 133 cm³/mol. The van der Waals surface area contributed by atoms with Crippen LogP contribution >= 0.6 is 0 Å². The number of aromatic nitrogens is 5. The van der Waals surface area contributed by atoms with Crippen molar-refractivity contribution in [1.82, 2.24) is 35.4 Å². The van der Waals surface area contributed by atoms with Gasteiger partial charge in [-0.3, -0.25) is 25.2 Å². The number of hydrogen-bond acceptors (Lipinski definition) is 6. The van der Waals surface area contributed by atoms with Crippen molar-refractivity contribution in [3.63, 3.8) is 0 Å². The highest BCUT2D eigenvalue weighted by Gasteiger charge is 2.20. The lowest BCUT2D eigenvalue weighted by Crippen LogP contribution is -2.43. The fraction of sp³-hybridized carbons (Fsp3) is 0.0769. The molecular weight excluding hydrogens is 458 g/mol. The standard InChI is InChI=1S/C26H21N7O3/c1-32-26(36)20-15-9-8-14-19(20)21(30-32)16-22(34)28-29-25(35)23-27-24(17-10-4-2-5-11-17)33(31-23)18-12-6-3-7-13-18/h2-15H,16H2,1H3,(H,28,34)(H,29,35). The van der Waals surface area contributed by atoms with Crippen LogP contribution in [0.25, 0.3) is 27.8 Å². The van der Waals surface area contributed by atoms with Crippen LogP contribution in [0.2, 0.25) is 0 Å². The molecule has 2 amide bonds. The van der Waals surface area contributed by atoms with Crippen molar-refractivity contribution in [3.8, 4) is 17.1 Å². The molecule has 0 saturated carbocycles. The fourth-order valence-corrected chi connectivity index (χ4v) is 3.82. The Bertz CT molecular complexity index is 1570. The SMILES string of the molecule is Cn1nc(CC(=O)NNC(=O)c2nc(-c3ccccc3)n(-c3ccccc3)n2)c2ccccc2c1=O. The Morgan fingerprint density at radius 3 is 2.17 bits per heavy atom. The Balaban J connectivity index is 1.35. The van der Waals surface area contributed by atoms with Crippen LogP contribution in [-0.4, -0.2) is 36.4 Å². The zero-order valence-corrected chi connectivity index (χ0v) is 19.3. The van der Waals surface area contributed by atoms with E-state index in [4.69, 9.17) is 0 Å². The first-order valence-electron chi connectivity index (χ1n) is 11.1. The van der Waals surface area contributed by atoms with Gasteiger partial charge >= 0.3 is 5.91 Å². The molecule has 2 heterocycles. The van der Waals surface area contributed by atoms with Crippen molar-refractivity contribution >= 4 is 22.6 Å². The van der Waals surface area contributed by atoms with E-state index in [0.717, 1.165) is 11.3 Å². The van der Waals surface area contributed by atoms with Crippen LogP contribution in [0.15, 0.2) is 89.7 Å². The third-order valence-corrected chi connectivity index (χ3v) is 5.52. The third kappa shape index (κ3) is 4.47. The number of para-hydroxylation sites is 1. The minimum atomic E-state index is -0.673. The molecule has 0 aliphatic rings. The van der Waals surface area contributed by atoms with Gasteiger partial charge in [0.25, 0.3) is 5.56 Å². The van der Waals surface area contributed by atoms with Gasteiger partial charge in [-0.15, -0.1) is 5.10 Å². The molecular formula is C26H21N7O3. The molecule has 0 unspecified atom stereocenters. The van der Waals surface area contributed by atoms with E-state index in [9.17, 15) is 14.4 Å². The van der Waals surface area contributed by atoms with E-state index in [1.54, 1.807) is 28.9 Å². The van der Waals surface area contributed by atoms with Crippen molar-refractivity contribution in [2.75, 3.05) is 0 Å². The van der Waals surface area contributed by atoms with Gasteiger partial charge in [-0.2, -0.15) is 5.10 Å². The van der Waals surface area contributed by atoms with E-state index >= 15 is 0 Å². The van der Waals surface area contributed by atoms with E-state index in [0.29, 0.717) is 22.3 Å². The molecule has 10 nitrogen and oxygen atoms in total. The van der Waals surface area contributed by atoms with E-state index in [1.165, 1.54) is 11.7 Å². The summed E-state index contributed by atoms with van der Waals surface area (Å²) in [7, 11) is 1.52. The number of amides is 2. The number of nitrogens with one attached hydrogen (secondary N) is 2. The molecule has 10 heteroatoms. The summed E-state index contributed by atoms with van der Waals surface area (Å²) in [4.78, 5) is 42.1. The van der Waals surface area contributed by atoms with Gasteiger partial charge < -0.3 is 0 Å². The molecule has 5 rings (SSSR count). The summed E-state index contributed by atoms with van der Waals surface area (Å²) in [6.45, 7) is 0. The van der Waals surface area contributed by atoms with Crippen LogP contribution in [-0.2, 0) is 18.3 Å². The Morgan fingerprint density at radius 1 is 0.806 bits per heavy atom. The molecule has 0 spiro atoms. The molecule has 0 bridgehead atoms. The fourth-order valence-electron chi connectivity index (χ4n) is 3.82. The highest BCUT2D eigenvalue weighted by molar-refractivity contribution is 5.93. The van der Waals surface area contributed by atoms with Gasteiger partial charge in [-0.1, -0.05) is 66.7 Å². The molecule has 3 aromatic carbocycles. The molecule has 0 saturated heterocycles. The van der Waals surface area contributed by atoms with Crippen molar-refractivity contribution in [2.45, 2.75) is 6.42 Å². The quantitative estimate of drug-likeness (QED) is 0.373. The van der Waals surface area contributed by atoms with Gasteiger partial charge in [0.1, 0.15) is 0 Å². The van der Waals surface area contributed by atoms with Crippen LogP contribution in [0, 0.1) is 0 Å². The lowest BCUT2D eigenvalue weighted by Gasteiger charge is -2.09. The van der Waals surface area contributed by atoms with Gasteiger partial charge in [-0.25, -0.2) is 14.3 Å². The molecule has 0 atom stereocenters. The molecule has 0 radical (unpaired) electrons. The first-order valence-corrected chi connectivity index (χ1v) is 11.1. The highest BCUT2D eigenvalue weighted by atomic mass is 16.2. The monoisotopic (exact) mass is 479 g/mol. The smallest absolute Gasteiger partial charge is 0.273 e. The minimum Gasteiger partial charge on any atom is -0.273 e. The summed E-state index contributed by atoms with van der Waals surface area (Å²) in [5, 5.41) is 9.63. The summed E-state index contributed by atoms with van der Waals surface area (Å²) >= 11 is 0. The van der Waals surface area contributed by atoms with Gasteiger partial charge in [0.15, 0.2) is 5.82 Å². The summed E-state index contributed by atoms with van der Waals surface area (Å²) in [6.07, 6.45) is -0.143. The van der Waals surface area contributed by atoms with Crippen LogP contribution in [0.1, 0.15) is 16.3 Å². The Hall–Kier alpha value is -5.12. The number of nitrogens with zero attached hydrogens (tertiary/aromatic N) is 5. The molecule has 0 aliphatic carbocycles. The van der Waals surface area contributed by atoms with Crippen LogP contribution < -0.4 is 16.4 Å². The number of benzene rings is 3. The normalized spacial score (nSPS) is 10.8. The number of fused-ring (bicyclic) bond motifs is 1. The van der Waals surface area contributed by atoms with Gasteiger partial charge in [0.2, 0.25) is 11.7 Å². The van der Waals surface area contributed by atoms with Gasteiger partial charge in [0, 0.05) is 18.0 Å². The lowest BCUT2D eigenvalue weighted by atomic mass is 10.1. The number of carbonyl (C=O) groups is 2. The maximum Gasteiger partial charge on any atom is 0.309 e. The molecule has 36 heavy (non-hydrogen) atoms. The average Bonchev–Trinajstić information content (AvgIpc) is 3.37. The van der Waals surface area contributed by atoms with E-state index < -0.39 is 11.8 Å². The summed E-state index contributed by atoms with van der Waals surface area (Å²) in [5.74, 6) is -0.804. The topological polar surface area (TPSA) is 124 Å². The van der Waals surface area contributed by atoms with Gasteiger partial charge in [-0.05, 0) is 18.2 Å². The number of hydrazine groups is 1. The Kier molecular flexibility index (Phi) is 6.06. The van der Waals surface area contributed by atoms with Gasteiger partial charge in [0.05, 0.1) is 23.2 Å². The van der Waals surface area contributed by atoms with Crippen LogP contribution in [0.3, 0.4) is 0 Å². The molecule has 0 aliphatic heterocycles. The van der Waals surface area contributed by atoms with Crippen LogP contribution in [0.5, 0.6) is 0 Å². The number of aryl methyl sites for hydroxylation is 1. The zero-order chi connectivity index (χ0) is 25.1. The van der Waals surface area contributed by atoms with E-state index in [-0.39, 0.29) is 17.8 Å². The second kappa shape index (κ2) is 9.63. The molecule has 2 N–H and O–H groups in total. The third-order valence-electron chi connectivity index (χ3n) is 5.52. The van der Waals surface area contributed by atoms with Crippen molar-refractivity contribution < 1.29 is 9.59 Å². The first kappa shape index (κ1) is 22.7. The second-order valence-electron chi connectivity index (χ2n) is 7.97. The van der Waals surface area contributed by atoms with Crippen LogP contribution in [0.4, 0.5) is 0 Å². The molecule has 0 fully saturated rings. The summed E-state index contributed by atoms with van der Waals surface area (Å²) in [5.41, 5.74) is 6.42. The first-order chi connectivity index (χ1) is 17.5. The minimum absolute atomic E-state index is 0.108. The largest absolute Gasteiger partial charge is 0.309 e. The Morgan fingerprint density at radius 2 is 1.44 bits per heavy atom. The van der Waals surface area contributed by atoms with E-state index in [2.05, 4.69) is 26.0 Å². The predicted octanol–water partition coefficient (Wildman–Crippen LogP) is 2.18. The molecule has 2 aromatic heterocycles.